The van der Waals surface area contributed by atoms with Crippen LogP contribution in [0.1, 0.15) is 31.7 Å². The fraction of sp³-hybridized carbons (Fsp3) is 0.714. The molecule has 0 amide bonds. The van der Waals surface area contributed by atoms with E-state index in [1.807, 2.05) is 11.3 Å². The first-order valence-corrected chi connectivity index (χ1v) is 7.66. The van der Waals surface area contributed by atoms with E-state index < -0.39 is 0 Å². The Morgan fingerprint density at radius 1 is 1.56 bits per heavy atom. The summed E-state index contributed by atoms with van der Waals surface area (Å²) in [5, 5.41) is 5.77. The summed E-state index contributed by atoms with van der Waals surface area (Å²) in [5.74, 6) is 0. The molecule has 0 spiro atoms. The minimum Gasteiger partial charge on any atom is -0.379 e. The molecule has 1 aromatic heterocycles. The van der Waals surface area contributed by atoms with Crippen LogP contribution in [0.4, 0.5) is 0 Å². The van der Waals surface area contributed by atoms with Crippen LogP contribution >= 0.6 is 11.3 Å². The Morgan fingerprint density at radius 3 is 3.06 bits per heavy atom. The van der Waals surface area contributed by atoms with Crippen molar-refractivity contribution in [1.82, 2.24) is 10.2 Å². The first-order chi connectivity index (χ1) is 8.68. The van der Waals surface area contributed by atoms with Crippen LogP contribution in [-0.2, 0) is 4.74 Å². The first kappa shape index (κ1) is 14.0. The van der Waals surface area contributed by atoms with Crippen molar-refractivity contribution >= 4 is 11.3 Å². The number of morpholine rings is 1. The zero-order valence-corrected chi connectivity index (χ0v) is 12.4. The van der Waals surface area contributed by atoms with Gasteiger partial charge >= 0.3 is 0 Å². The van der Waals surface area contributed by atoms with Crippen molar-refractivity contribution in [1.29, 1.82) is 0 Å². The van der Waals surface area contributed by atoms with Gasteiger partial charge in [0.05, 0.1) is 13.2 Å². The smallest absolute Gasteiger partial charge is 0.0619 e. The second-order valence-corrected chi connectivity index (χ2v) is 6.14. The highest BCUT2D eigenvalue weighted by Crippen LogP contribution is 2.18. The lowest BCUT2D eigenvalue weighted by molar-refractivity contribution is -0.0184. The molecule has 0 saturated carbocycles. The van der Waals surface area contributed by atoms with E-state index in [9.17, 15) is 0 Å². The molecule has 4 heteroatoms. The van der Waals surface area contributed by atoms with E-state index in [1.165, 1.54) is 4.88 Å². The third-order valence-electron chi connectivity index (χ3n) is 3.67. The number of thiophene rings is 1. The molecule has 0 radical (unpaired) electrons. The fourth-order valence-corrected chi connectivity index (χ4v) is 3.26. The van der Waals surface area contributed by atoms with Crippen LogP contribution in [-0.4, -0.2) is 43.3 Å². The Kier molecular flexibility index (Phi) is 5.18. The van der Waals surface area contributed by atoms with Gasteiger partial charge in [-0.3, -0.25) is 4.90 Å². The average Bonchev–Trinajstić information content (AvgIpc) is 2.90. The lowest BCUT2D eigenvalue weighted by Gasteiger charge is -2.38. The molecule has 3 atom stereocenters. The fourth-order valence-electron chi connectivity index (χ4n) is 2.50. The van der Waals surface area contributed by atoms with Crippen molar-refractivity contribution in [2.24, 2.45) is 0 Å². The van der Waals surface area contributed by atoms with E-state index in [-0.39, 0.29) is 0 Å². The van der Waals surface area contributed by atoms with Gasteiger partial charge in [0.25, 0.3) is 0 Å². The molecule has 0 aromatic carbocycles. The summed E-state index contributed by atoms with van der Waals surface area (Å²) >= 11 is 1.82. The van der Waals surface area contributed by atoms with Crippen molar-refractivity contribution < 1.29 is 4.74 Å². The topological polar surface area (TPSA) is 24.5 Å². The average molecular weight is 268 g/mol. The standard InChI is InChI=1S/C14H24N2OS/c1-11(16-6-7-17-10-12(16)2)9-15-13(3)14-5-4-8-18-14/h4-5,8,11-13,15H,6-7,9-10H2,1-3H3/t11-,12-,13-/m0/s1. The zero-order valence-electron chi connectivity index (χ0n) is 11.6. The number of ether oxygens (including phenoxy) is 1. The maximum absolute atomic E-state index is 5.49. The molecule has 1 aromatic rings. The molecule has 3 nitrogen and oxygen atoms in total. The maximum Gasteiger partial charge on any atom is 0.0619 e. The van der Waals surface area contributed by atoms with Crippen LogP contribution in [0.2, 0.25) is 0 Å². The van der Waals surface area contributed by atoms with Crippen molar-refractivity contribution in [2.75, 3.05) is 26.3 Å². The predicted molar refractivity (Wildman–Crippen MR) is 77.2 cm³/mol. The molecule has 0 unspecified atom stereocenters. The van der Waals surface area contributed by atoms with Gasteiger partial charge in [-0.1, -0.05) is 6.07 Å². The molecule has 1 aliphatic rings. The second-order valence-electron chi connectivity index (χ2n) is 5.16. The Balaban J connectivity index is 1.78. The number of nitrogens with zero attached hydrogens (tertiary/aromatic N) is 1. The van der Waals surface area contributed by atoms with Gasteiger partial charge < -0.3 is 10.1 Å². The minimum atomic E-state index is 0.448. The summed E-state index contributed by atoms with van der Waals surface area (Å²) in [6.45, 7) is 10.6. The molecule has 2 rings (SSSR count). The summed E-state index contributed by atoms with van der Waals surface area (Å²) < 4.78 is 5.49. The van der Waals surface area contributed by atoms with Gasteiger partial charge in [0.1, 0.15) is 0 Å². The van der Waals surface area contributed by atoms with Crippen LogP contribution in [0.25, 0.3) is 0 Å². The van der Waals surface area contributed by atoms with Crippen LogP contribution in [0.5, 0.6) is 0 Å². The normalized spacial score (nSPS) is 24.9. The van der Waals surface area contributed by atoms with Gasteiger partial charge in [0.15, 0.2) is 0 Å². The summed E-state index contributed by atoms with van der Waals surface area (Å²) in [5.41, 5.74) is 0. The van der Waals surface area contributed by atoms with Crippen LogP contribution < -0.4 is 5.32 Å². The van der Waals surface area contributed by atoms with E-state index in [0.717, 1.165) is 26.3 Å². The predicted octanol–water partition coefficient (Wildman–Crippen LogP) is 2.51. The van der Waals surface area contributed by atoms with E-state index in [0.29, 0.717) is 18.1 Å². The van der Waals surface area contributed by atoms with Gasteiger partial charge in [-0.25, -0.2) is 0 Å². The molecule has 102 valence electrons. The Hall–Kier alpha value is -0.420. The van der Waals surface area contributed by atoms with Gasteiger partial charge in [-0.2, -0.15) is 0 Å². The highest BCUT2D eigenvalue weighted by Gasteiger charge is 2.23. The number of nitrogens with one attached hydrogen (secondary N) is 1. The highest BCUT2D eigenvalue weighted by atomic mass is 32.1. The summed E-state index contributed by atoms with van der Waals surface area (Å²) in [4.78, 5) is 3.95. The SMILES string of the molecule is C[C@H](NC[C@H](C)N1CCOC[C@@H]1C)c1cccs1. The molecule has 0 bridgehead atoms. The van der Waals surface area contributed by atoms with Crippen molar-refractivity contribution in [3.05, 3.63) is 22.4 Å². The van der Waals surface area contributed by atoms with Crippen molar-refractivity contribution in [3.63, 3.8) is 0 Å². The van der Waals surface area contributed by atoms with Gasteiger partial charge in [-0.15, -0.1) is 11.3 Å². The summed E-state index contributed by atoms with van der Waals surface area (Å²) in [6.07, 6.45) is 0. The first-order valence-electron chi connectivity index (χ1n) is 6.78. The van der Waals surface area contributed by atoms with E-state index >= 15 is 0 Å². The van der Waals surface area contributed by atoms with E-state index in [1.54, 1.807) is 0 Å². The molecule has 1 saturated heterocycles. The second kappa shape index (κ2) is 6.66. The molecular formula is C14H24N2OS. The molecule has 2 heterocycles. The van der Waals surface area contributed by atoms with Crippen LogP contribution in [0, 0.1) is 0 Å². The van der Waals surface area contributed by atoms with Crippen molar-refractivity contribution in [2.45, 2.75) is 38.9 Å². The van der Waals surface area contributed by atoms with Crippen molar-refractivity contribution in [3.8, 4) is 0 Å². The molecule has 18 heavy (non-hydrogen) atoms. The van der Waals surface area contributed by atoms with Gasteiger partial charge in [0.2, 0.25) is 0 Å². The lowest BCUT2D eigenvalue weighted by atomic mass is 10.1. The minimum absolute atomic E-state index is 0.448. The van der Waals surface area contributed by atoms with Gasteiger partial charge in [-0.05, 0) is 32.2 Å². The van der Waals surface area contributed by atoms with E-state index in [4.69, 9.17) is 4.74 Å². The molecule has 1 N–H and O–H groups in total. The third-order valence-corrected chi connectivity index (χ3v) is 4.73. The third kappa shape index (κ3) is 3.54. The van der Waals surface area contributed by atoms with Crippen LogP contribution in [0.3, 0.4) is 0 Å². The number of hydrogen-bond acceptors (Lipinski definition) is 4. The summed E-state index contributed by atoms with van der Waals surface area (Å²) in [7, 11) is 0. The molecule has 1 aliphatic heterocycles. The maximum atomic E-state index is 5.49. The van der Waals surface area contributed by atoms with Gasteiger partial charge in [0, 0.05) is 36.1 Å². The quantitative estimate of drug-likeness (QED) is 0.888. The lowest BCUT2D eigenvalue weighted by Crippen LogP contribution is -2.51. The van der Waals surface area contributed by atoms with Crippen LogP contribution in [0.15, 0.2) is 17.5 Å². The Bertz CT molecular complexity index is 342. The molecular weight excluding hydrogens is 244 g/mol. The molecule has 1 fully saturated rings. The Labute approximate surface area is 114 Å². The molecule has 0 aliphatic carbocycles. The van der Waals surface area contributed by atoms with E-state index in [2.05, 4.69) is 48.5 Å². The summed E-state index contributed by atoms with van der Waals surface area (Å²) in [6, 6.07) is 5.86. The Morgan fingerprint density at radius 2 is 2.39 bits per heavy atom. The zero-order chi connectivity index (χ0) is 13.0. The number of hydrogen-bond donors (Lipinski definition) is 1. The monoisotopic (exact) mass is 268 g/mol. The highest BCUT2D eigenvalue weighted by molar-refractivity contribution is 7.10. The largest absolute Gasteiger partial charge is 0.379 e. The number of rotatable bonds is 5.